The molecule has 0 heterocycles. The molecule has 0 fully saturated rings. The van der Waals surface area contributed by atoms with E-state index in [1.165, 1.54) is 19.0 Å². The first kappa shape index (κ1) is 6.91. The van der Waals surface area contributed by atoms with Gasteiger partial charge in [-0.25, -0.2) is 0 Å². The first-order valence-electron chi connectivity index (χ1n) is 2.18. The van der Waals surface area contributed by atoms with Crippen LogP contribution in [0.5, 0.6) is 0 Å². The Morgan fingerprint density at radius 2 is 2.00 bits per heavy atom. The maximum Gasteiger partial charge on any atom is 0.00314 e. The molecule has 0 rings (SSSR count). The molecule has 0 aromatic rings. The lowest BCUT2D eigenvalue weighted by Crippen LogP contribution is -1.73. The summed E-state index contributed by atoms with van der Waals surface area (Å²) < 4.78 is 0. The van der Waals surface area contributed by atoms with Crippen LogP contribution < -0.4 is 0 Å². The zero-order chi connectivity index (χ0) is 4.83. The third-order valence-electron chi connectivity index (χ3n) is 0.588. The average molecular weight is 169 g/mol. The summed E-state index contributed by atoms with van der Waals surface area (Å²) in [7, 11) is 2.71. The van der Waals surface area contributed by atoms with Crippen molar-refractivity contribution >= 4 is 25.2 Å². The average Bonchev–Trinajstić information content (AvgIpc) is 1.61. The van der Waals surface area contributed by atoms with Gasteiger partial charge in [-0.15, -0.1) is 9.24 Å². The Morgan fingerprint density at radius 1 is 1.33 bits per heavy atom. The molecule has 0 spiro atoms. The molecule has 0 radical (unpaired) electrons. The van der Waals surface area contributed by atoms with Gasteiger partial charge in [0.15, 0.2) is 0 Å². The van der Waals surface area contributed by atoms with E-state index in [9.17, 15) is 0 Å². The summed E-state index contributed by atoms with van der Waals surface area (Å²) in [6, 6.07) is 0. The summed E-state index contributed by atoms with van der Waals surface area (Å²) in [4.78, 5) is 0. The quantitative estimate of drug-likeness (QED) is 0.344. The van der Waals surface area contributed by atoms with Crippen molar-refractivity contribution < 1.29 is 0 Å². The Balaban J connectivity index is 2.34. The second-order valence-electron chi connectivity index (χ2n) is 1.18. The summed E-state index contributed by atoms with van der Waals surface area (Å²) in [6.07, 6.45) is 3.88. The summed E-state index contributed by atoms with van der Waals surface area (Å²) >= 11 is 3.34. The van der Waals surface area contributed by atoms with Crippen LogP contribution in [0.25, 0.3) is 0 Å². The molecule has 1 atom stereocenters. The Labute approximate surface area is 50.0 Å². The van der Waals surface area contributed by atoms with E-state index in [2.05, 4.69) is 25.2 Å². The summed E-state index contributed by atoms with van der Waals surface area (Å²) in [5.41, 5.74) is 0. The fourth-order valence-electron chi connectivity index (χ4n) is 0.239. The van der Waals surface area contributed by atoms with Crippen molar-refractivity contribution in [1.29, 1.82) is 0 Å². The maximum absolute atomic E-state index is 3.34. The summed E-state index contributed by atoms with van der Waals surface area (Å²) in [5.74, 6) is 0. The fourth-order valence-corrected chi connectivity index (χ4v) is 0.924. The maximum atomic E-state index is 3.34. The van der Waals surface area contributed by atoms with Gasteiger partial charge in [-0.3, -0.25) is 0 Å². The molecule has 0 aliphatic rings. The summed E-state index contributed by atoms with van der Waals surface area (Å²) in [6.45, 7) is 0. The molecular weight excluding hydrogens is 159 g/mol. The molecule has 6 heavy (non-hydrogen) atoms. The third-order valence-corrected chi connectivity index (χ3v) is 1.56. The second kappa shape index (κ2) is 5.91. The highest BCUT2D eigenvalue weighted by molar-refractivity contribution is 9.09. The van der Waals surface area contributed by atoms with Gasteiger partial charge in [0, 0.05) is 5.33 Å². The highest BCUT2D eigenvalue weighted by atomic mass is 79.9. The van der Waals surface area contributed by atoms with E-state index in [-0.39, 0.29) is 0 Å². The van der Waals surface area contributed by atoms with E-state index in [1.54, 1.807) is 0 Å². The first-order chi connectivity index (χ1) is 2.91. The number of hydrogen-bond acceptors (Lipinski definition) is 0. The number of alkyl halides is 1. The minimum absolute atomic E-state index is 1.15. The van der Waals surface area contributed by atoms with Crippen molar-refractivity contribution in [1.82, 2.24) is 0 Å². The van der Waals surface area contributed by atoms with Crippen LogP contribution in [0, 0.1) is 0 Å². The molecule has 0 aliphatic heterocycles. The molecule has 0 aliphatic carbocycles. The predicted octanol–water partition coefficient (Wildman–Crippen LogP) is 2.04. The monoisotopic (exact) mass is 168 g/mol. The zero-order valence-electron chi connectivity index (χ0n) is 3.78. The van der Waals surface area contributed by atoms with E-state index in [4.69, 9.17) is 0 Å². The van der Waals surface area contributed by atoms with E-state index < -0.39 is 0 Å². The van der Waals surface area contributed by atoms with Crippen LogP contribution in [-0.4, -0.2) is 11.5 Å². The Hall–Kier alpha value is 0.910. The summed E-state index contributed by atoms with van der Waals surface area (Å²) in [5, 5.41) is 1.15. The number of unbranched alkanes of at least 4 members (excludes halogenated alkanes) is 1. The van der Waals surface area contributed by atoms with Gasteiger partial charge in [-0.1, -0.05) is 15.9 Å². The zero-order valence-corrected chi connectivity index (χ0v) is 6.52. The van der Waals surface area contributed by atoms with E-state index in [0.717, 1.165) is 5.33 Å². The van der Waals surface area contributed by atoms with E-state index >= 15 is 0 Å². The lowest BCUT2D eigenvalue weighted by molar-refractivity contribution is 0.913. The van der Waals surface area contributed by atoms with Gasteiger partial charge in [0.2, 0.25) is 0 Å². The molecule has 2 heteroatoms. The van der Waals surface area contributed by atoms with Gasteiger partial charge in [0.05, 0.1) is 0 Å². The van der Waals surface area contributed by atoms with Crippen LogP contribution in [0.1, 0.15) is 12.8 Å². The van der Waals surface area contributed by atoms with E-state index in [1.807, 2.05) is 0 Å². The van der Waals surface area contributed by atoms with Gasteiger partial charge < -0.3 is 0 Å². The molecule has 0 saturated carbocycles. The van der Waals surface area contributed by atoms with Gasteiger partial charge >= 0.3 is 0 Å². The van der Waals surface area contributed by atoms with Crippen LogP contribution in [0.2, 0.25) is 0 Å². The SMILES string of the molecule is PCCCCBr. The lowest BCUT2D eigenvalue weighted by atomic mass is 10.4. The molecule has 0 nitrogen and oxygen atoms in total. The third kappa shape index (κ3) is 4.91. The van der Waals surface area contributed by atoms with Crippen LogP contribution in [0.15, 0.2) is 0 Å². The molecule has 0 N–H and O–H groups in total. The molecule has 0 amide bonds. The molecular formula is C4H10BrP. The smallest absolute Gasteiger partial charge is 0.00314 e. The van der Waals surface area contributed by atoms with Gasteiger partial charge in [0.25, 0.3) is 0 Å². The molecule has 0 aromatic carbocycles. The van der Waals surface area contributed by atoms with Gasteiger partial charge in [0.1, 0.15) is 0 Å². The second-order valence-corrected chi connectivity index (χ2v) is 2.56. The largest absolute Gasteiger partial charge is 0.138 e. The Morgan fingerprint density at radius 3 is 2.17 bits per heavy atom. The van der Waals surface area contributed by atoms with Gasteiger partial charge in [-0.2, -0.15) is 0 Å². The standard InChI is InChI=1S/C4H10BrP/c5-3-1-2-4-6/h1-4,6H2. The van der Waals surface area contributed by atoms with Gasteiger partial charge in [-0.05, 0) is 19.0 Å². The van der Waals surface area contributed by atoms with Crippen molar-refractivity contribution in [3.05, 3.63) is 0 Å². The normalized spacial score (nSPS) is 9.00. The Bertz CT molecular complexity index is 19.5. The highest BCUT2D eigenvalue weighted by Crippen LogP contribution is 1.95. The topological polar surface area (TPSA) is 0 Å². The molecule has 0 bridgehead atoms. The number of halogens is 1. The first-order valence-corrected chi connectivity index (χ1v) is 4.11. The Kier molecular flexibility index (Phi) is 6.81. The molecule has 1 unspecified atom stereocenters. The van der Waals surface area contributed by atoms with Crippen LogP contribution in [0.4, 0.5) is 0 Å². The van der Waals surface area contributed by atoms with Crippen molar-refractivity contribution in [3.8, 4) is 0 Å². The number of hydrogen-bond donors (Lipinski definition) is 0. The van der Waals surface area contributed by atoms with Crippen molar-refractivity contribution in [2.75, 3.05) is 11.5 Å². The molecule has 0 saturated heterocycles. The van der Waals surface area contributed by atoms with Crippen LogP contribution in [0.3, 0.4) is 0 Å². The molecule has 0 aromatic heterocycles. The highest BCUT2D eigenvalue weighted by Gasteiger charge is 1.76. The van der Waals surface area contributed by atoms with Crippen molar-refractivity contribution in [2.24, 2.45) is 0 Å². The minimum Gasteiger partial charge on any atom is -0.138 e. The van der Waals surface area contributed by atoms with E-state index in [0.29, 0.717) is 0 Å². The number of rotatable bonds is 3. The molecule has 38 valence electrons. The van der Waals surface area contributed by atoms with Crippen LogP contribution in [-0.2, 0) is 0 Å². The van der Waals surface area contributed by atoms with Crippen molar-refractivity contribution in [2.45, 2.75) is 12.8 Å². The predicted molar refractivity (Wildman–Crippen MR) is 37.6 cm³/mol. The lowest BCUT2D eigenvalue weighted by Gasteiger charge is -1.85. The van der Waals surface area contributed by atoms with Crippen LogP contribution >= 0.6 is 25.2 Å². The minimum atomic E-state index is 1.15. The fraction of sp³-hybridized carbons (Fsp3) is 1.00. The van der Waals surface area contributed by atoms with Crippen molar-refractivity contribution in [3.63, 3.8) is 0 Å².